The topological polar surface area (TPSA) is 49.9 Å². The molecular weight excluding hydrogens is 292 g/mol. The van der Waals surface area contributed by atoms with Crippen LogP contribution >= 0.6 is 0 Å². The highest BCUT2D eigenvalue weighted by Gasteiger charge is 2.26. The van der Waals surface area contributed by atoms with Gasteiger partial charge in [0.15, 0.2) is 0 Å². The molecule has 134 valence electrons. The van der Waals surface area contributed by atoms with Crippen LogP contribution in [-0.4, -0.2) is 61.0 Å². The predicted octanol–water partition coefficient (Wildman–Crippen LogP) is 2.69. The second-order valence-electron chi connectivity index (χ2n) is 6.24. The summed E-state index contributed by atoms with van der Waals surface area (Å²) in [5.41, 5.74) is 0. The SMILES string of the molecule is CCOC(=O)CCN(CCN(CC)CC)C(=O)C1CCCCC1. The van der Waals surface area contributed by atoms with E-state index in [1.165, 1.54) is 6.42 Å². The first kappa shape index (κ1) is 19.9. The lowest BCUT2D eigenvalue weighted by Crippen LogP contribution is -2.43. The fraction of sp³-hybridized carbons (Fsp3) is 0.889. The van der Waals surface area contributed by atoms with E-state index < -0.39 is 0 Å². The lowest BCUT2D eigenvalue weighted by molar-refractivity contribution is -0.144. The summed E-state index contributed by atoms with van der Waals surface area (Å²) >= 11 is 0. The molecule has 0 aliphatic heterocycles. The van der Waals surface area contributed by atoms with Crippen molar-refractivity contribution in [3.8, 4) is 0 Å². The van der Waals surface area contributed by atoms with Gasteiger partial charge < -0.3 is 14.5 Å². The van der Waals surface area contributed by atoms with E-state index in [9.17, 15) is 9.59 Å². The van der Waals surface area contributed by atoms with Crippen LogP contribution in [0.3, 0.4) is 0 Å². The van der Waals surface area contributed by atoms with Crippen LogP contribution in [0.5, 0.6) is 0 Å². The van der Waals surface area contributed by atoms with E-state index in [0.717, 1.165) is 45.3 Å². The minimum atomic E-state index is -0.211. The third kappa shape index (κ3) is 7.34. The van der Waals surface area contributed by atoms with Crippen molar-refractivity contribution in [3.63, 3.8) is 0 Å². The molecule has 0 heterocycles. The molecule has 5 nitrogen and oxygen atoms in total. The molecule has 0 atom stereocenters. The van der Waals surface area contributed by atoms with Crippen LogP contribution in [0.15, 0.2) is 0 Å². The Bertz CT molecular complexity index is 350. The molecule has 0 aromatic heterocycles. The Hall–Kier alpha value is -1.10. The molecule has 1 amide bonds. The van der Waals surface area contributed by atoms with Gasteiger partial charge >= 0.3 is 5.97 Å². The summed E-state index contributed by atoms with van der Waals surface area (Å²) in [4.78, 5) is 28.6. The van der Waals surface area contributed by atoms with E-state index in [-0.39, 0.29) is 17.8 Å². The van der Waals surface area contributed by atoms with Gasteiger partial charge in [0.1, 0.15) is 0 Å². The van der Waals surface area contributed by atoms with Gasteiger partial charge in [0, 0.05) is 25.6 Å². The van der Waals surface area contributed by atoms with Gasteiger partial charge in [0.25, 0.3) is 0 Å². The molecule has 1 aliphatic rings. The average molecular weight is 326 g/mol. The first-order valence-corrected chi connectivity index (χ1v) is 9.29. The van der Waals surface area contributed by atoms with E-state index in [2.05, 4.69) is 18.7 Å². The lowest BCUT2D eigenvalue weighted by Gasteiger charge is -2.31. The van der Waals surface area contributed by atoms with Crippen LogP contribution in [0.1, 0.15) is 59.3 Å². The van der Waals surface area contributed by atoms with E-state index in [4.69, 9.17) is 4.74 Å². The van der Waals surface area contributed by atoms with Gasteiger partial charge in [0.05, 0.1) is 13.0 Å². The van der Waals surface area contributed by atoms with E-state index in [1.807, 2.05) is 11.8 Å². The number of esters is 1. The summed E-state index contributed by atoms with van der Waals surface area (Å²) in [6, 6.07) is 0. The molecule has 23 heavy (non-hydrogen) atoms. The molecule has 5 heteroatoms. The maximum atomic E-state index is 12.8. The number of hydrogen-bond acceptors (Lipinski definition) is 4. The van der Waals surface area contributed by atoms with Gasteiger partial charge in [-0.15, -0.1) is 0 Å². The van der Waals surface area contributed by atoms with E-state index in [0.29, 0.717) is 26.1 Å². The molecule has 1 saturated carbocycles. The largest absolute Gasteiger partial charge is 0.466 e. The van der Waals surface area contributed by atoms with Gasteiger partial charge in [-0.2, -0.15) is 0 Å². The summed E-state index contributed by atoms with van der Waals surface area (Å²) in [7, 11) is 0. The van der Waals surface area contributed by atoms with Crippen LogP contribution in [0, 0.1) is 5.92 Å². The molecule has 1 rings (SSSR count). The number of rotatable bonds is 10. The summed E-state index contributed by atoms with van der Waals surface area (Å²) < 4.78 is 5.00. The van der Waals surface area contributed by atoms with Crippen molar-refractivity contribution in [2.75, 3.05) is 39.3 Å². The Labute approximate surface area is 141 Å². The van der Waals surface area contributed by atoms with Crippen LogP contribution in [0.25, 0.3) is 0 Å². The smallest absolute Gasteiger partial charge is 0.307 e. The van der Waals surface area contributed by atoms with Crippen LogP contribution in [0.2, 0.25) is 0 Å². The minimum absolute atomic E-state index is 0.155. The van der Waals surface area contributed by atoms with Crippen LogP contribution in [-0.2, 0) is 14.3 Å². The molecule has 0 unspecified atom stereocenters. The second-order valence-corrected chi connectivity index (χ2v) is 6.24. The van der Waals surface area contributed by atoms with Crippen molar-refractivity contribution in [2.24, 2.45) is 5.92 Å². The maximum Gasteiger partial charge on any atom is 0.307 e. The van der Waals surface area contributed by atoms with Crippen molar-refractivity contribution < 1.29 is 14.3 Å². The first-order valence-electron chi connectivity index (χ1n) is 9.29. The Balaban J connectivity index is 2.58. The number of carbonyl (C=O) groups is 2. The Morgan fingerprint density at radius 2 is 1.61 bits per heavy atom. The highest BCUT2D eigenvalue weighted by molar-refractivity contribution is 5.79. The molecule has 0 spiro atoms. The van der Waals surface area contributed by atoms with Gasteiger partial charge in [-0.05, 0) is 32.9 Å². The summed E-state index contributed by atoms with van der Waals surface area (Å²) in [5, 5.41) is 0. The number of nitrogens with zero attached hydrogens (tertiary/aromatic N) is 2. The lowest BCUT2D eigenvalue weighted by atomic mass is 9.88. The summed E-state index contributed by atoms with van der Waals surface area (Å²) in [6.07, 6.45) is 5.84. The fourth-order valence-corrected chi connectivity index (χ4v) is 3.20. The van der Waals surface area contributed by atoms with Crippen molar-refractivity contribution >= 4 is 11.9 Å². The zero-order valence-electron chi connectivity index (χ0n) is 15.2. The normalized spacial score (nSPS) is 15.7. The molecule has 0 radical (unpaired) electrons. The Kier molecular flexibility index (Phi) is 9.92. The zero-order chi connectivity index (χ0) is 17.1. The molecule has 0 saturated heterocycles. The predicted molar refractivity (Wildman–Crippen MR) is 92.2 cm³/mol. The summed E-state index contributed by atoms with van der Waals surface area (Å²) in [6.45, 7) is 10.5. The van der Waals surface area contributed by atoms with Crippen LogP contribution in [0.4, 0.5) is 0 Å². The van der Waals surface area contributed by atoms with Gasteiger partial charge in [-0.3, -0.25) is 9.59 Å². The van der Waals surface area contributed by atoms with Crippen molar-refractivity contribution in [3.05, 3.63) is 0 Å². The quantitative estimate of drug-likeness (QED) is 0.579. The maximum absolute atomic E-state index is 12.8. The number of carbonyl (C=O) groups excluding carboxylic acids is 2. The molecule has 0 N–H and O–H groups in total. The first-order chi connectivity index (χ1) is 11.1. The number of likely N-dealkylation sites (N-methyl/N-ethyl adjacent to an activating group) is 1. The van der Waals surface area contributed by atoms with Gasteiger partial charge in [0.2, 0.25) is 5.91 Å². The second kappa shape index (κ2) is 11.4. The Morgan fingerprint density at radius 1 is 0.957 bits per heavy atom. The zero-order valence-corrected chi connectivity index (χ0v) is 15.2. The number of ether oxygens (including phenoxy) is 1. The minimum Gasteiger partial charge on any atom is -0.466 e. The highest BCUT2D eigenvalue weighted by atomic mass is 16.5. The third-order valence-corrected chi connectivity index (χ3v) is 4.74. The molecule has 0 bridgehead atoms. The van der Waals surface area contributed by atoms with E-state index in [1.54, 1.807) is 0 Å². The van der Waals surface area contributed by atoms with Gasteiger partial charge in [-0.1, -0.05) is 33.1 Å². The molecule has 0 aromatic carbocycles. The van der Waals surface area contributed by atoms with Crippen LogP contribution < -0.4 is 0 Å². The third-order valence-electron chi connectivity index (χ3n) is 4.74. The monoisotopic (exact) mass is 326 g/mol. The summed E-state index contributed by atoms with van der Waals surface area (Å²) in [5.74, 6) is 0.181. The van der Waals surface area contributed by atoms with Crippen molar-refractivity contribution in [1.29, 1.82) is 0 Å². The van der Waals surface area contributed by atoms with E-state index >= 15 is 0 Å². The molecule has 1 aliphatic carbocycles. The Morgan fingerprint density at radius 3 is 2.17 bits per heavy atom. The molecular formula is C18H34N2O3. The van der Waals surface area contributed by atoms with Gasteiger partial charge in [-0.25, -0.2) is 0 Å². The molecule has 0 aromatic rings. The average Bonchev–Trinajstić information content (AvgIpc) is 2.58. The molecule has 1 fully saturated rings. The number of hydrogen-bond donors (Lipinski definition) is 0. The van der Waals surface area contributed by atoms with Crippen molar-refractivity contribution in [1.82, 2.24) is 9.80 Å². The standard InChI is InChI=1S/C18H34N2O3/c1-4-19(5-2)14-15-20(13-12-17(21)23-6-3)18(22)16-10-8-7-9-11-16/h16H,4-15H2,1-3H3. The fourth-order valence-electron chi connectivity index (χ4n) is 3.20. The highest BCUT2D eigenvalue weighted by Crippen LogP contribution is 2.25. The van der Waals surface area contributed by atoms with Crippen molar-refractivity contribution in [2.45, 2.75) is 59.3 Å². The number of amides is 1.